The third-order valence-corrected chi connectivity index (χ3v) is 1.87. The van der Waals surface area contributed by atoms with E-state index in [-0.39, 0.29) is 0 Å². The topological polar surface area (TPSA) is 87.6 Å². The van der Waals surface area contributed by atoms with E-state index in [4.69, 9.17) is 9.78 Å². The van der Waals surface area contributed by atoms with Gasteiger partial charge in [0.05, 0.1) is 6.54 Å². The van der Waals surface area contributed by atoms with Gasteiger partial charge < -0.3 is 9.84 Å². The molecule has 0 aliphatic rings. The van der Waals surface area contributed by atoms with Crippen LogP contribution in [0.25, 0.3) is 0 Å². The van der Waals surface area contributed by atoms with Gasteiger partial charge in [0, 0.05) is 12.3 Å². The van der Waals surface area contributed by atoms with Crippen molar-refractivity contribution in [2.75, 3.05) is 5.32 Å². The van der Waals surface area contributed by atoms with E-state index in [1.807, 2.05) is 19.1 Å². The standard InChI is InChI=1S/C10H9N5O/c1-7-4-9(15-16-7)6-13-10-12-3-2-8(5-11)14-10/h2-4H,6H2,1H3,(H,12,13,14). The van der Waals surface area contributed by atoms with Crippen molar-refractivity contribution in [1.29, 1.82) is 5.26 Å². The largest absolute Gasteiger partial charge is 0.361 e. The second kappa shape index (κ2) is 4.40. The lowest BCUT2D eigenvalue weighted by molar-refractivity contribution is 0.391. The Labute approximate surface area is 91.9 Å². The van der Waals surface area contributed by atoms with E-state index < -0.39 is 0 Å². The molecule has 0 spiro atoms. The highest BCUT2D eigenvalue weighted by Crippen LogP contribution is 2.05. The maximum Gasteiger partial charge on any atom is 0.224 e. The highest BCUT2D eigenvalue weighted by atomic mass is 16.5. The molecular weight excluding hydrogens is 206 g/mol. The molecule has 0 fully saturated rings. The molecule has 1 N–H and O–H groups in total. The third-order valence-electron chi connectivity index (χ3n) is 1.87. The van der Waals surface area contributed by atoms with E-state index >= 15 is 0 Å². The highest BCUT2D eigenvalue weighted by Gasteiger charge is 2.02. The Bertz CT molecular complexity index is 528. The van der Waals surface area contributed by atoms with E-state index in [0.717, 1.165) is 11.5 Å². The molecule has 0 bridgehead atoms. The Morgan fingerprint density at radius 1 is 1.56 bits per heavy atom. The van der Waals surface area contributed by atoms with Gasteiger partial charge in [-0.25, -0.2) is 9.97 Å². The fourth-order valence-electron chi connectivity index (χ4n) is 1.18. The first-order chi connectivity index (χ1) is 7.78. The van der Waals surface area contributed by atoms with Crippen molar-refractivity contribution in [3.63, 3.8) is 0 Å². The first-order valence-electron chi connectivity index (χ1n) is 4.67. The number of anilines is 1. The molecule has 0 unspecified atom stereocenters. The van der Waals surface area contributed by atoms with Crippen LogP contribution in [-0.2, 0) is 6.54 Å². The van der Waals surface area contributed by atoms with Crippen molar-refractivity contribution in [1.82, 2.24) is 15.1 Å². The van der Waals surface area contributed by atoms with E-state index in [0.29, 0.717) is 18.2 Å². The zero-order chi connectivity index (χ0) is 11.4. The number of nitrogens with zero attached hydrogens (tertiary/aromatic N) is 4. The van der Waals surface area contributed by atoms with Gasteiger partial charge in [-0.3, -0.25) is 0 Å². The van der Waals surface area contributed by atoms with Gasteiger partial charge in [0.1, 0.15) is 23.2 Å². The lowest BCUT2D eigenvalue weighted by Crippen LogP contribution is -2.04. The summed E-state index contributed by atoms with van der Waals surface area (Å²) in [5.74, 6) is 1.16. The summed E-state index contributed by atoms with van der Waals surface area (Å²) in [6.45, 7) is 2.29. The average molecular weight is 215 g/mol. The van der Waals surface area contributed by atoms with Crippen LogP contribution < -0.4 is 5.32 Å². The maximum absolute atomic E-state index is 8.66. The Hall–Kier alpha value is -2.42. The molecule has 0 saturated carbocycles. The molecule has 2 rings (SSSR count). The molecular formula is C10H9N5O. The van der Waals surface area contributed by atoms with Crippen LogP contribution in [-0.4, -0.2) is 15.1 Å². The second-order valence-corrected chi connectivity index (χ2v) is 3.16. The van der Waals surface area contributed by atoms with Gasteiger partial charge in [-0.05, 0) is 13.0 Å². The third kappa shape index (κ3) is 2.33. The Morgan fingerprint density at radius 3 is 3.12 bits per heavy atom. The monoisotopic (exact) mass is 215 g/mol. The van der Waals surface area contributed by atoms with Crippen molar-refractivity contribution < 1.29 is 4.52 Å². The van der Waals surface area contributed by atoms with Gasteiger partial charge in [-0.15, -0.1) is 0 Å². The van der Waals surface area contributed by atoms with Crippen molar-refractivity contribution in [2.45, 2.75) is 13.5 Å². The van der Waals surface area contributed by atoms with Crippen molar-refractivity contribution in [3.8, 4) is 6.07 Å². The molecule has 6 nitrogen and oxygen atoms in total. The highest BCUT2D eigenvalue weighted by molar-refractivity contribution is 5.30. The van der Waals surface area contributed by atoms with Crippen molar-refractivity contribution in [2.24, 2.45) is 0 Å². The van der Waals surface area contributed by atoms with Crippen molar-refractivity contribution >= 4 is 5.95 Å². The summed E-state index contributed by atoms with van der Waals surface area (Å²) in [4.78, 5) is 7.95. The SMILES string of the molecule is Cc1cc(CNc2nccc(C#N)n2)no1. The summed E-state index contributed by atoms with van der Waals surface area (Å²) >= 11 is 0. The second-order valence-electron chi connectivity index (χ2n) is 3.16. The number of hydrogen-bond donors (Lipinski definition) is 1. The summed E-state index contributed by atoms with van der Waals surface area (Å²) in [6.07, 6.45) is 1.53. The minimum atomic E-state index is 0.328. The van der Waals surface area contributed by atoms with E-state index in [9.17, 15) is 0 Å². The molecule has 16 heavy (non-hydrogen) atoms. The van der Waals surface area contributed by atoms with Gasteiger partial charge in [0.25, 0.3) is 0 Å². The lowest BCUT2D eigenvalue weighted by Gasteiger charge is -2.00. The number of nitriles is 1. The zero-order valence-electron chi connectivity index (χ0n) is 8.64. The predicted molar refractivity (Wildman–Crippen MR) is 55.3 cm³/mol. The van der Waals surface area contributed by atoms with E-state index in [1.165, 1.54) is 6.20 Å². The Kier molecular flexibility index (Phi) is 2.78. The molecule has 2 heterocycles. The fraction of sp³-hybridized carbons (Fsp3) is 0.200. The van der Waals surface area contributed by atoms with Crippen LogP contribution in [0.15, 0.2) is 22.9 Å². The average Bonchev–Trinajstić information content (AvgIpc) is 2.73. The zero-order valence-corrected chi connectivity index (χ0v) is 8.64. The first kappa shape index (κ1) is 10.1. The Morgan fingerprint density at radius 2 is 2.44 bits per heavy atom. The molecule has 80 valence electrons. The molecule has 2 aromatic heterocycles. The molecule has 6 heteroatoms. The quantitative estimate of drug-likeness (QED) is 0.829. The van der Waals surface area contributed by atoms with Crippen molar-refractivity contribution in [3.05, 3.63) is 35.5 Å². The summed E-state index contributed by atoms with van der Waals surface area (Å²) in [7, 11) is 0. The number of aromatic nitrogens is 3. The molecule has 0 aliphatic carbocycles. The van der Waals surface area contributed by atoms with Crippen LogP contribution in [0.1, 0.15) is 17.1 Å². The predicted octanol–water partition coefficient (Wildman–Crippen LogP) is 1.26. The number of hydrogen-bond acceptors (Lipinski definition) is 6. The van der Waals surface area contributed by atoms with E-state index in [1.54, 1.807) is 6.07 Å². The van der Waals surface area contributed by atoms with Gasteiger partial charge in [0.15, 0.2) is 0 Å². The van der Waals surface area contributed by atoms with Crippen LogP contribution in [0.5, 0.6) is 0 Å². The number of nitrogens with one attached hydrogen (secondary N) is 1. The Balaban J connectivity index is 2.02. The van der Waals surface area contributed by atoms with E-state index in [2.05, 4.69) is 20.4 Å². The molecule has 0 radical (unpaired) electrons. The van der Waals surface area contributed by atoms with Crippen LogP contribution in [0.4, 0.5) is 5.95 Å². The molecule has 0 aliphatic heterocycles. The maximum atomic E-state index is 8.66. The molecule has 0 amide bonds. The number of aryl methyl sites for hydroxylation is 1. The molecule has 2 aromatic rings. The summed E-state index contributed by atoms with van der Waals surface area (Å²) in [5.41, 5.74) is 1.09. The van der Waals surface area contributed by atoms with Crippen LogP contribution in [0.3, 0.4) is 0 Å². The van der Waals surface area contributed by atoms with Gasteiger partial charge in [-0.2, -0.15) is 5.26 Å². The normalized spacial score (nSPS) is 9.75. The van der Waals surface area contributed by atoms with Gasteiger partial charge >= 0.3 is 0 Å². The van der Waals surface area contributed by atoms with Crippen LogP contribution in [0.2, 0.25) is 0 Å². The van der Waals surface area contributed by atoms with Gasteiger partial charge in [-0.1, -0.05) is 5.16 Å². The molecule has 0 atom stereocenters. The van der Waals surface area contributed by atoms with Crippen LogP contribution in [0, 0.1) is 18.3 Å². The fourth-order valence-corrected chi connectivity index (χ4v) is 1.18. The number of rotatable bonds is 3. The van der Waals surface area contributed by atoms with Crippen LogP contribution >= 0.6 is 0 Å². The molecule has 0 saturated heterocycles. The smallest absolute Gasteiger partial charge is 0.224 e. The summed E-state index contributed by atoms with van der Waals surface area (Å²) in [5, 5.41) is 15.4. The molecule has 0 aromatic carbocycles. The van der Waals surface area contributed by atoms with Gasteiger partial charge in [0.2, 0.25) is 5.95 Å². The minimum Gasteiger partial charge on any atom is -0.361 e. The minimum absolute atomic E-state index is 0.328. The lowest BCUT2D eigenvalue weighted by atomic mass is 10.4. The first-order valence-corrected chi connectivity index (χ1v) is 4.67. The summed E-state index contributed by atoms with van der Waals surface area (Å²) < 4.78 is 4.91. The summed E-state index contributed by atoms with van der Waals surface area (Å²) in [6, 6.07) is 5.31.